The van der Waals surface area contributed by atoms with Gasteiger partial charge in [0.05, 0.1) is 5.58 Å². The van der Waals surface area contributed by atoms with Gasteiger partial charge in [-0.15, -0.1) is 17.7 Å². The Labute approximate surface area is 373 Å². The fourth-order valence-corrected chi connectivity index (χ4v) is 10.3. The van der Waals surface area contributed by atoms with Gasteiger partial charge in [0, 0.05) is 29.0 Å². The fourth-order valence-electron chi connectivity index (χ4n) is 8.08. The van der Waals surface area contributed by atoms with Gasteiger partial charge in [-0.25, -0.2) is 0 Å². The molecule has 299 valence electrons. The summed E-state index contributed by atoms with van der Waals surface area (Å²) >= 11 is -1.81. The second-order valence-electron chi connectivity index (χ2n) is 16.4. The van der Waals surface area contributed by atoms with Crippen LogP contribution >= 0.6 is 0 Å². The minimum atomic E-state index is -1.81. The van der Waals surface area contributed by atoms with Crippen LogP contribution in [-0.2, 0) is 26.5 Å². The van der Waals surface area contributed by atoms with Crippen molar-refractivity contribution in [1.29, 1.82) is 0 Å². The Morgan fingerprint density at radius 2 is 1.35 bits per heavy atom. The van der Waals surface area contributed by atoms with Gasteiger partial charge >= 0.3 is 135 Å². The van der Waals surface area contributed by atoms with Crippen LogP contribution in [0, 0.1) is 18.1 Å². The molecule has 1 aliphatic rings. The minimum absolute atomic E-state index is 0. The molecule has 0 amide bonds. The zero-order valence-corrected chi connectivity index (χ0v) is 38.7. The van der Waals surface area contributed by atoms with Crippen LogP contribution in [0.15, 0.2) is 175 Å². The van der Waals surface area contributed by atoms with E-state index in [-0.39, 0.29) is 26.0 Å². The van der Waals surface area contributed by atoms with Crippen molar-refractivity contribution in [3.63, 3.8) is 0 Å². The van der Waals surface area contributed by atoms with Gasteiger partial charge in [-0.3, -0.25) is 0 Å². The van der Waals surface area contributed by atoms with E-state index in [4.69, 9.17) is 12.1 Å². The zero-order valence-electron chi connectivity index (χ0n) is 36.2. The molecule has 3 aromatic heterocycles. The number of aromatic nitrogens is 2. The van der Waals surface area contributed by atoms with E-state index in [0.29, 0.717) is 16.8 Å². The molecule has 0 atom stereocenters. The van der Waals surface area contributed by atoms with Gasteiger partial charge in [-0.05, 0) is 57.8 Å². The van der Waals surface area contributed by atoms with Crippen molar-refractivity contribution in [3.05, 3.63) is 188 Å². The predicted molar refractivity (Wildman–Crippen MR) is 249 cm³/mol. The van der Waals surface area contributed by atoms with Gasteiger partial charge in [0.1, 0.15) is 5.58 Å². The molecule has 0 unspecified atom stereocenters. The Morgan fingerprint density at radius 3 is 2.07 bits per heavy atom. The molecule has 1 fully saturated rings. The smallest absolute Gasteiger partial charge is 0 e. The molecular formula is C55H48GeIrN2O-2. The summed E-state index contributed by atoms with van der Waals surface area (Å²) in [6.07, 6.45) is 6.52. The van der Waals surface area contributed by atoms with Crippen molar-refractivity contribution >= 4 is 39.6 Å². The molecule has 6 aromatic carbocycles. The van der Waals surface area contributed by atoms with Crippen molar-refractivity contribution in [2.24, 2.45) is 5.92 Å². The topological polar surface area (TPSA) is 38.9 Å². The molecule has 0 saturated heterocycles. The number of hydrogen-bond donors (Lipinski definition) is 0. The predicted octanol–water partition coefficient (Wildman–Crippen LogP) is 14.3. The summed E-state index contributed by atoms with van der Waals surface area (Å²) in [5.74, 6) is 7.23. The van der Waals surface area contributed by atoms with Crippen molar-refractivity contribution < 1.29 is 27.3 Å². The number of hydrogen-bond acceptors (Lipinski definition) is 3. The molecule has 1 saturated carbocycles. The number of rotatable bonds is 8. The third-order valence-electron chi connectivity index (χ3n) is 11.3. The van der Waals surface area contributed by atoms with E-state index >= 15 is 0 Å². The Bertz CT molecular complexity index is 2920. The largest absolute Gasteiger partial charge is 0 e. The van der Waals surface area contributed by atoms with Gasteiger partial charge in [0.15, 0.2) is 0 Å². The van der Waals surface area contributed by atoms with E-state index in [0.717, 1.165) is 70.0 Å². The van der Waals surface area contributed by atoms with Crippen LogP contribution in [0.4, 0.5) is 0 Å². The maximum Gasteiger partial charge on any atom is 0 e. The van der Waals surface area contributed by atoms with Crippen LogP contribution in [0.25, 0.3) is 77.8 Å². The van der Waals surface area contributed by atoms with Crippen LogP contribution in [0.3, 0.4) is 0 Å². The third-order valence-corrected chi connectivity index (χ3v) is 15.6. The van der Waals surface area contributed by atoms with E-state index in [9.17, 15) is 0 Å². The first-order chi connectivity index (χ1) is 29.6. The van der Waals surface area contributed by atoms with E-state index in [2.05, 4.69) is 144 Å². The normalized spacial score (nSPS) is 13.6. The molecule has 5 heteroatoms. The number of fused-ring (bicyclic) bond motifs is 3. The fraction of sp³-hybridized carbons (Fsp3) is 0.164. The molecule has 0 N–H and O–H groups in total. The van der Waals surface area contributed by atoms with Crippen LogP contribution in [-0.4, -0.2) is 23.2 Å². The molecule has 0 spiro atoms. The average Bonchev–Trinajstić information content (AvgIpc) is 3.99. The Hall–Kier alpha value is -5.39. The summed E-state index contributed by atoms with van der Waals surface area (Å²) in [6.45, 7) is 0. The van der Waals surface area contributed by atoms with Gasteiger partial charge in [-0.1, -0.05) is 115 Å². The van der Waals surface area contributed by atoms with Crippen molar-refractivity contribution in [2.45, 2.75) is 49.3 Å². The average molecular weight is 1020 g/mol. The van der Waals surface area contributed by atoms with Crippen LogP contribution in [0.5, 0.6) is 0 Å². The molecular weight excluding hydrogens is 969 g/mol. The molecule has 0 bridgehead atoms. The Balaban J connectivity index is 0.000000196. The van der Waals surface area contributed by atoms with E-state index in [1.807, 2.05) is 54.6 Å². The van der Waals surface area contributed by atoms with Crippen molar-refractivity contribution in [1.82, 2.24) is 9.97 Å². The summed E-state index contributed by atoms with van der Waals surface area (Å²) in [6, 6.07) is 60.8. The quantitative estimate of drug-likeness (QED) is 0.112. The first-order valence-electron chi connectivity index (χ1n) is 21.7. The standard InChI is InChI=1S/C35H28NO.C20H20GeN.Ir/c1-2-9-26(10-3-1)27-13-15-28(16-14-27)30-11-6-12-33-35(30)31-18-17-29(23-34(31)37-33)32-22-25(19-20-36-32)21-24-7-4-5-8-24;1-21(2,3)17-13-14-20(22-15-17)19-12-8-7-11-18(19)16-9-5-4-6-10-16;/h1-3,6,9-20,22,24H,4-5,7-8,21H2;4-11,13-15H,1-3H3;/q2*-1;/i21D2;;. The van der Waals surface area contributed by atoms with Crippen LogP contribution in [0.1, 0.15) is 34.0 Å². The van der Waals surface area contributed by atoms with Gasteiger partial charge in [0.2, 0.25) is 0 Å². The second kappa shape index (κ2) is 18.5. The zero-order chi connectivity index (χ0) is 42.0. The van der Waals surface area contributed by atoms with E-state index in [1.54, 1.807) is 6.20 Å². The number of pyridine rings is 2. The van der Waals surface area contributed by atoms with Crippen LogP contribution < -0.4 is 4.40 Å². The van der Waals surface area contributed by atoms with E-state index in [1.165, 1.54) is 26.6 Å². The molecule has 1 aliphatic carbocycles. The summed E-state index contributed by atoms with van der Waals surface area (Å²) < 4.78 is 25.3. The summed E-state index contributed by atoms with van der Waals surface area (Å²) in [7, 11) is 0. The van der Waals surface area contributed by atoms with E-state index < -0.39 is 19.6 Å². The van der Waals surface area contributed by atoms with Gasteiger partial charge in [-0.2, -0.15) is 0 Å². The molecule has 60 heavy (non-hydrogen) atoms. The summed E-state index contributed by atoms with van der Waals surface area (Å²) in [5, 5.41) is 2.08. The minimum Gasteiger partial charge on any atom is 0 e. The van der Waals surface area contributed by atoms with Crippen molar-refractivity contribution in [2.75, 3.05) is 0 Å². The first kappa shape index (κ1) is 38.8. The number of nitrogens with zero attached hydrogens (tertiary/aromatic N) is 2. The SMILES string of the molecule is [2H]C([2H])(c1ccnc(-c2[c-]c3oc4cccc(-c5ccc(-c6ccccc6)cc5)c4c3cc2)c1)C1CCCC1.[CH3][Ge]([CH3])([CH3])[c]1ccc(-c2[c-]cccc2-c2ccccc2)nc1.[Ir]. The maximum atomic E-state index is 8.81. The molecule has 3 heterocycles. The summed E-state index contributed by atoms with van der Waals surface area (Å²) in [5.41, 5.74) is 12.8. The number of furan rings is 1. The molecule has 10 rings (SSSR count). The monoisotopic (exact) mass is 1020 g/mol. The van der Waals surface area contributed by atoms with Gasteiger partial charge < -0.3 is 9.40 Å². The first-order valence-corrected chi connectivity index (χ1v) is 28.0. The Morgan fingerprint density at radius 1 is 0.667 bits per heavy atom. The summed E-state index contributed by atoms with van der Waals surface area (Å²) in [4.78, 5) is 9.29. The Kier molecular flexibility index (Phi) is 11.9. The van der Waals surface area contributed by atoms with Gasteiger partial charge in [0.25, 0.3) is 0 Å². The maximum absolute atomic E-state index is 8.81. The van der Waals surface area contributed by atoms with Crippen molar-refractivity contribution in [3.8, 4) is 55.9 Å². The third kappa shape index (κ3) is 9.17. The molecule has 3 nitrogen and oxygen atoms in total. The molecule has 0 aliphatic heterocycles. The molecule has 9 aromatic rings. The molecule has 1 radical (unpaired) electrons. The number of benzene rings is 6. The van der Waals surface area contributed by atoms with Crippen LogP contribution in [0.2, 0.25) is 17.3 Å². The second-order valence-corrected chi connectivity index (χ2v) is 27.1.